The lowest BCUT2D eigenvalue weighted by Gasteiger charge is -2.14. The Labute approximate surface area is 109 Å². The van der Waals surface area contributed by atoms with Crippen LogP contribution in [0.2, 0.25) is 0 Å². The number of aromatic nitrogens is 1. The molecule has 0 aromatic carbocycles. The number of amides is 1. The average Bonchev–Trinajstić information content (AvgIpc) is 2.81. The number of carbonyl (C=O) groups is 2. The fourth-order valence-electron chi connectivity index (χ4n) is 1.29. The number of aliphatic carboxylic acids is 1. The van der Waals surface area contributed by atoms with E-state index < -0.39 is 18.1 Å². The molecule has 0 aliphatic rings. The molecule has 18 heavy (non-hydrogen) atoms. The van der Waals surface area contributed by atoms with E-state index in [4.69, 9.17) is 9.84 Å². The first-order chi connectivity index (χ1) is 8.63. The van der Waals surface area contributed by atoms with Crippen molar-refractivity contribution in [1.29, 1.82) is 0 Å². The number of rotatable bonds is 7. The highest BCUT2D eigenvalue weighted by Crippen LogP contribution is 2.16. The molecule has 0 bridgehead atoms. The Morgan fingerprint density at radius 1 is 1.61 bits per heavy atom. The summed E-state index contributed by atoms with van der Waals surface area (Å²) in [5.74, 6) is -0.998. The smallest absolute Gasteiger partial charge is 0.407 e. The number of carbonyl (C=O) groups excluding carboxylic acids is 1. The summed E-state index contributed by atoms with van der Waals surface area (Å²) < 4.78 is 4.93. The van der Waals surface area contributed by atoms with Gasteiger partial charge in [-0.1, -0.05) is 13.3 Å². The highest BCUT2D eigenvalue weighted by atomic mass is 32.1. The molecule has 0 saturated heterocycles. The monoisotopic (exact) mass is 272 g/mol. The number of thiazole rings is 1. The minimum atomic E-state index is -0.998. The van der Waals surface area contributed by atoms with Crippen molar-refractivity contribution in [3.63, 3.8) is 0 Å². The van der Waals surface area contributed by atoms with Crippen LogP contribution in [0.25, 0.3) is 0 Å². The predicted molar refractivity (Wildman–Crippen MR) is 66.5 cm³/mol. The molecule has 1 amide bonds. The number of unbranched alkanes of at least 4 members (excludes halogenated alkanes) is 1. The molecule has 1 rings (SSSR count). The van der Waals surface area contributed by atoms with Gasteiger partial charge in [-0.15, -0.1) is 11.3 Å². The summed E-state index contributed by atoms with van der Waals surface area (Å²) in [4.78, 5) is 26.2. The Kier molecular flexibility index (Phi) is 6.13. The quantitative estimate of drug-likeness (QED) is 0.743. The average molecular weight is 272 g/mol. The minimum Gasteiger partial charge on any atom is -0.481 e. The van der Waals surface area contributed by atoms with Gasteiger partial charge in [0, 0.05) is 5.38 Å². The van der Waals surface area contributed by atoms with Crippen LogP contribution >= 0.6 is 11.3 Å². The van der Waals surface area contributed by atoms with Crippen molar-refractivity contribution >= 4 is 23.4 Å². The molecule has 7 heteroatoms. The van der Waals surface area contributed by atoms with Crippen molar-refractivity contribution < 1.29 is 19.4 Å². The summed E-state index contributed by atoms with van der Waals surface area (Å²) in [7, 11) is 0. The van der Waals surface area contributed by atoms with E-state index in [0.717, 1.165) is 12.8 Å². The van der Waals surface area contributed by atoms with Crippen molar-refractivity contribution in [2.75, 3.05) is 6.61 Å². The first-order valence-corrected chi connectivity index (χ1v) is 6.61. The maximum absolute atomic E-state index is 11.5. The number of alkyl carbamates (subject to hydrolysis) is 1. The lowest BCUT2D eigenvalue weighted by atomic mass is 10.1. The van der Waals surface area contributed by atoms with E-state index in [-0.39, 0.29) is 6.42 Å². The van der Waals surface area contributed by atoms with Gasteiger partial charge >= 0.3 is 12.1 Å². The third-order valence-corrected chi connectivity index (χ3v) is 2.82. The van der Waals surface area contributed by atoms with E-state index in [1.54, 1.807) is 10.9 Å². The van der Waals surface area contributed by atoms with E-state index in [1.807, 2.05) is 6.92 Å². The zero-order valence-electron chi connectivity index (χ0n) is 10.1. The van der Waals surface area contributed by atoms with Crippen LogP contribution in [0.4, 0.5) is 4.79 Å². The van der Waals surface area contributed by atoms with Gasteiger partial charge in [0.2, 0.25) is 0 Å². The molecular formula is C11H16N2O4S. The Morgan fingerprint density at radius 3 is 2.94 bits per heavy atom. The van der Waals surface area contributed by atoms with Crippen LogP contribution in [-0.4, -0.2) is 28.8 Å². The molecule has 100 valence electrons. The summed E-state index contributed by atoms with van der Waals surface area (Å²) >= 11 is 1.35. The Bertz CT molecular complexity index is 380. The molecule has 1 heterocycles. The van der Waals surface area contributed by atoms with Crippen LogP contribution in [0, 0.1) is 0 Å². The second-order valence-electron chi connectivity index (χ2n) is 3.70. The van der Waals surface area contributed by atoms with Gasteiger partial charge in [0.05, 0.1) is 30.3 Å². The van der Waals surface area contributed by atoms with Crippen molar-refractivity contribution in [1.82, 2.24) is 10.3 Å². The van der Waals surface area contributed by atoms with Gasteiger partial charge in [0.15, 0.2) is 0 Å². The maximum atomic E-state index is 11.5. The fraction of sp³-hybridized carbons (Fsp3) is 0.545. The van der Waals surface area contributed by atoms with Crippen molar-refractivity contribution in [3.05, 3.63) is 16.6 Å². The van der Waals surface area contributed by atoms with Gasteiger partial charge in [0.25, 0.3) is 0 Å². The summed E-state index contributed by atoms with van der Waals surface area (Å²) in [5.41, 5.74) is 2.13. The molecular weight excluding hydrogens is 256 g/mol. The lowest BCUT2D eigenvalue weighted by molar-refractivity contribution is -0.137. The lowest BCUT2D eigenvalue weighted by Crippen LogP contribution is -2.31. The van der Waals surface area contributed by atoms with Crippen molar-refractivity contribution in [3.8, 4) is 0 Å². The second-order valence-corrected chi connectivity index (χ2v) is 4.42. The van der Waals surface area contributed by atoms with Crippen LogP contribution in [0.5, 0.6) is 0 Å². The van der Waals surface area contributed by atoms with Gasteiger partial charge in [-0.3, -0.25) is 4.79 Å². The largest absolute Gasteiger partial charge is 0.481 e. The van der Waals surface area contributed by atoms with Crippen LogP contribution in [0.1, 0.15) is 37.9 Å². The van der Waals surface area contributed by atoms with E-state index >= 15 is 0 Å². The number of carboxylic acids is 1. The third-order valence-electron chi connectivity index (χ3n) is 2.21. The highest BCUT2D eigenvalue weighted by molar-refractivity contribution is 7.07. The van der Waals surface area contributed by atoms with Crippen molar-refractivity contribution in [2.24, 2.45) is 0 Å². The molecule has 1 aromatic heterocycles. The normalized spacial score (nSPS) is 11.8. The number of nitrogens with zero attached hydrogens (tertiary/aromatic N) is 1. The minimum absolute atomic E-state index is 0.216. The van der Waals surface area contributed by atoms with Crippen LogP contribution in [-0.2, 0) is 9.53 Å². The van der Waals surface area contributed by atoms with E-state index in [2.05, 4.69) is 10.3 Å². The molecule has 2 N–H and O–H groups in total. The number of carboxylic acid groups (broad SMARTS) is 1. The summed E-state index contributed by atoms with van der Waals surface area (Å²) in [6.45, 7) is 2.32. The summed E-state index contributed by atoms with van der Waals surface area (Å²) in [6.07, 6.45) is 0.890. The van der Waals surface area contributed by atoms with E-state index in [0.29, 0.717) is 12.3 Å². The first-order valence-electron chi connectivity index (χ1n) is 5.66. The molecule has 0 saturated carbocycles. The van der Waals surface area contributed by atoms with Gasteiger partial charge in [-0.05, 0) is 6.42 Å². The van der Waals surface area contributed by atoms with Crippen LogP contribution in [0.3, 0.4) is 0 Å². The fourth-order valence-corrected chi connectivity index (χ4v) is 1.90. The second kappa shape index (κ2) is 7.65. The standard InChI is InChI=1S/C11H16N2O4S/c1-2-3-4-17-11(16)13-8(5-10(14)15)9-6-18-7-12-9/h6-8H,2-5H2,1H3,(H,13,16)(H,14,15). The molecule has 1 aromatic rings. The predicted octanol–water partition coefficient (Wildman–Crippen LogP) is 2.19. The highest BCUT2D eigenvalue weighted by Gasteiger charge is 2.20. The molecule has 1 atom stereocenters. The molecule has 0 radical (unpaired) electrons. The topological polar surface area (TPSA) is 88.5 Å². The molecule has 6 nitrogen and oxygen atoms in total. The Hall–Kier alpha value is -1.63. The number of hydrogen-bond donors (Lipinski definition) is 2. The van der Waals surface area contributed by atoms with Gasteiger partial charge < -0.3 is 15.2 Å². The Balaban J connectivity index is 2.51. The van der Waals surface area contributed by atoms with E-state index in [1.165, 1.54) is 11.3 Å². The third kappa shape index (κ3) is 5.13. The number of ether oxygens (including phenoxy) is 1. The van der Waals surface area contributed by atoms with Crippen LogP contribution in [0.15, 0.2) is 10.9 Å². The van der Waals surface area contributed by atoms with Gasteiger partial charge in [-0.2, -0.15) is 0 Å². The molecule has 0 spiro atoms. The summed E-state index contributed by atoms with van der Waals surface area (Å²) in [5, 5.41) is 13.0. The molecule has 0 aliphatic heterocycles. The van der Waals surface area contributed by atoms with Gasteiger partial charge in [-0.25, -0.2) is 9.78 Å². The molecule has 1 unspecified atom stereocenters. The summed E-state index contributed by atoms with van der Waals surface area (Å²) in [6, 6.07) is -0.650. The first kappa shape index (κ1) is 14.4. The number of hydrogen-bond acceptors (Lipinski definition) is 5. The zero-order chi connectivity index (χ0) is 13.4. The van der Waals surface area contributed by atoms with E-state index in [9.17, 15) is 9.59 Å². The maximum Gasteiger partial charge on any atom is 0.407 e. The number of nitrogens with one attached hydrogen (secondary N) is 1. The SMILES string of the molecule is CCCCOC(=O)NC(CC(=O)O)c1cscn1. The molecule has 0 aliphatic carbocycles. The molecule has 0 fully saturated rings. The Morgan fingerprint density at radius 2 is 2.39 bits per heavy atom. The zero-order valence-corrected chi connectivity index (χ0v) is 10.9. The van der Waals surface area contributed by atoms with Gasteiger partial charge in [0.1, 0.15) is 0 Å². The van der Waals surface area contributed by atoms with Crippen molar-refractivity contribution in [2.45, 2.75) is 32.2 Å². The van der Waals surface area contributed by atoms with Crippen LogP contribution < -0.4 is 5.32 Å².